The summed E-state index contributed by atoms with van der Waals surface area (Å²) < 4.78 is 58.4. The number of nitrogens with one attached hydrogen (secondary N) is 1. The van der Waals surface area contributed by atoms with E-state index in [2.05, 4.69) is 5.32 Å². The Morgan fingerprint density at radius 3 is 2.31 bits per heavy atom. The first kappa shape index (κ1) is 28.1. The van der Waals surface area contributed by atoms with Gasteiger partial charge in [0, 0.05) is 32.9 Å². The molecule has 1 aliphatic rings. The average molecular weight is 558 g/mol. The molecule has 1 heterocycles. The third-order valence-electron chi connectivity index (χ3n) is 5.66. The molecule has 0 atom stereocenters. The Balaban J connectivity index is 1.69. The Morgan fingerprint density at radius 1 is 1.00 bits per heavy atom. The standard InChI is InChI=1S/C23H28ClN3O7S2/c1-16-7-8-17(13-20(16)36(32,33)27-11-5-4-6-12-27)23(29)34-15-22(28)25-18-9-10-19(24)21(14-18)35(30,31)26(2)3/h7-10,13-14H,4-6,11-12,15H2,1-3H3,(H,25,28). The van der Waals surface area contributed by atoms with Gasteiger partial charge in [-0.05, 0) is 55.7 Å². The van der Waals surface area contributed by atoms with Crippen molar-refractivity contribution in [2.24, 2.45) is 0 Å². The summed E-state index contributed by atoms with van der Waals surface area (Å²) in [5.74, 6) is -1.58. The Bertz CT molecular complexity index is 1370. The number of carbonyl (C=O) groups excluding carboxylic acids is 2. The zero-order valence-corrected chi connectivity index (χ0v) is 22.5. The maximum Gasteiger partial charge on any atom is 0.338 e. The Hall–Kier alpha value is -2.51. The predicted molar refractivity (Wildman–Crippen MR) is 135 cm³/mol. The lowest BCUT2D eigenvalue weighted by Crippen LogP contribution is -2.36. The van der Waals surface area contributed by atoms with Crippen molar-refractivity contribution in [1.29, 1.82) is 0 Å². The maximum atomic E-state index is 13.1. The van der Waals surface area contributed by atoms with Gasteiger partial charge in [0.05, 0.1) is 15.5 Å². The van der Waals surface area contributed by atoms with E-state index < -0.39 is 38.5 Å². The van der Waals surface area contributed by atoms with Crippen LogP contribution in [0.2, 0.25) is 5.02 Å². The topological polar surface area (TPSA) is 130 Å². The first-order valence-corrected chi connectivity index (χ1v) is 14.4. The smallest absolute Gasteiger partial charge is 0.338 e. The molecule has 2 aromatic carbocycles. The van der Waals surface area contributed by atoms with E-state index in [9.17, 15) is 26.4 Å². The number of rotatable bonds is 8. The van der Waals surface area contributed by atoms with Gasteiger partial charge < -0.3 is 10.1 Å². The summed E-state index contributed by atoms with van der Waals surface area (Å²) in [7, 11) is -4.90. The Labute approximate surface area is 216 Å². The third-order valence-corrected chi connectivity index (χ3v) is 10.0. The van der Waals surface area contributed by atoms with E-state index in [0.717, 1.165) is 23.6 Å². The number of amides is 1. The number of aryl methyl sites for hydroxylation is 1. The van der Waals surface area contributed by atoms with E-state index in [-0.39, 0.29) is 26.1 Å². The van der Waals surface area contributed by atoms with Gasteiger partial charge in [-0.2, -0.15) is 4.31 Å². The molecule has 0 aromatic heterocycles. The molecule has 0 spiro atoms. The minimum Gasteiger partial charge on any atom is -0.452 e. The maximum absolute atomic E-state index is 13.1. The zero-order chi connectivity index (χ0) is 26.7. The van der Waals surface area contributed by atoms with Crippen molar-refractivity contribution in [2.45, 2.75) is 36.0 Å². The fourth-order valence-electron chi connectivity index (χ4n) is 3.64. The SMILES string of the molecule is Cc1ccc(C(=O)OCC(=O)Nc2ccc(Cl)c(S(=O)(=O)N(C)C)c2)cc1S(=O)(=O)N1CCCCC1. The molecular weight excluding hydrogens is 530 g/mol. The molecule has 196 valence electrons. The number of piperidine rings is 1. The average Bonchev–Trinajstić information content (AvgIpc) is 2.84. The number of sulfonamides is 2. The lowest BCUT2D eigenvalue weighted by Gasteiger charge is -2.26. The highest BCUT2D eigenvalue weighted by Crippen LogP contribution is 2.27. The molecule has 1 aliphatic heterocycles. The Morgan fingerprint density at radius 2 is 1.67 bits per heavy atom. The lowest BCUT2D eigenvalue weighted by atomic mass is 10.1. The molecule has 13 heteroatoms. The van der Waals surface area contributed by atoms with Gasteiger partial charge >= 0.3 is 5.97 Å². The van der Waals surface area contributed by atoms with Crippen molar-refractivity contribution in [1.82, 2.24) is 8.61 Å². The number of esters is 1. The molecule has 1 N–H and O–H groups in total. The van der Waals surface area contributed by atoms with Crippen LogP contribution in [0.4, 0.5) is 5.69 Å². The zero-order valence-electron chi connectivity index (χ0n) is 20.2. The van der Waals surface area contributed by atoms with Crippen LogP contribution in [0.15, 0.2) is 46.2 Å². The summed E-state index contributed by atoms with van der Waals surface area (Å²) in [6.45, 7) is 1.84. The van der Waals surface area contributed by atoms with Crippen LogP contribution in [0.25, 0.3) is 0 Å². The van der Waals surface area contributed by atoms with Crippen molar-refractivity contribution >= 4 is 49.2 Å². The molecule has 0 unspecified atom stereocenters. The number of ether oxygens (including phenoxy) is 1. The largest absolute Gasteiger partial charge is 0.452 e. The summed E-state index contributed by atoms with van der Waals surface area (Å²) in [5.41, 5.74) is 0.641. The summed E-state index contributed by atoms with van der Waals surface area (Å²) in [5, 5.41) is 2.44. The lowest BCUT2D eigenvalue weighted by molar-refractivity contribution is -0.119. The first-order valence-electron chi connectivity index (χ1n) is 11.1. The highest BCUT2D eigenvalue weighted by Gasteiger charge is 2.28. The van der Waals surface area contributed by atoms with Crippen molar-refractivity contribution in [3.63, 3.8) is 0 Å². The van der Waals surface area contributed by atoms with Crippen LogP contribution in [0, 0.1) is 6.92 Å². The quantitative estimate of drug-likeness (QED) is 0.494. The van der Waals surface area contributed by atoms with Crippen molar-refractivity contribution in [3.8, 4) is 0 Å². The third kappa shape index (κ3) is 6.24. The molecule has 0 radical (unpaired) electrons. The normalized spacial score (nSPS) is 15.0. The van der Waals surface area contributed by atoms with Gasteiger partial charge in [-0.1, -0.05) is 24.1 Å². The molecule has 0 bridgehead atoms. The van der Waals surface area contributed by atoms with Crippen LogP contribution in [0.3, 0.4) is 0 Å². The fraction of sp³-hybridized carbons (Fsp3) is 0.391. The second-order valence-corrected chi connectivity index (χ2v) is 12.9. The van der Waals surface area contributed by atoms with Crippen molar-refractivity contribution in [3.05, 3.63) is 52.5 Å². The predicted octanol–water partition coefficient (Wildman–Crippen LogP) is 2.87. The number of halogens is 1. The molecular formula is C23H28ClN3O7S2. The molecule has 2 aromatic rings. The molecule has 1 amide bonds. The molecule has 0 aliphatic carbocycles. The summed E-state index contributed by atoms with van der Waals surface area (Å²) in [6, 6.07) is 8.16. The number of nitrogens with zero attached hydrogens (tertiary/aromatic N) is 2. The number of anilines is 1. The van der Waals surface area contributed by atoms with Gasteiger partial charge in [0.1, 0.15) is 4.90 Å². The molecule has 0 saturated carbocycles. The van der Waals surface area contributed by atoms with Crippen LogP contribution < -0.4 is 5.32 Å². The van der Waals surface area contributed by atoms with Crippen LogP contribution in [0.5, 0.6) is 0 Å². The molecule has 1 fully saturated rings. The highest BCUT2D eigenvalue weighted by atomic mass is 35.5. The van der Waals surface area contributed by atoms with Crippen LogP contribution >= 0.6 is 11.6 Å². The highest BCUT2D eigenvalue weighted by molar-refractivity contribution is 7.89. The molecule has 3 rings (SSSR count). The van der Waals surface area contributed by atoms with Crippen LogP contribution in [-0.4, -0.2) is 71.1 Å². The van der Waals surface area contributed by atoms with E-state index in [1.165, 1.54) is 54.8 Å². The van der Waals surface area contributed by atoms with Crippen LogP contribution in [0.1, 0.15) is 35.2 Å². The minimum absolute atomic E-state index is 0.00478. The summed E-state index contributed by atoms with van der Waals surface area (Å²) >= 11 is 6.00. The van der Waals surface area contributed by atoms with Gasteiger partial charge in [0.2, 0.25) is 20.0 Å². The summed E-state index contributed by atoms with van der Waals surface area (Å²) in [6.07, 6.45) is 2.54. The fourth-order valence-corrected chi connectivity index (χ4v) is 6.80. The second kappa shape index (κ2) is 11.3. The van der Waals surface area contributed by atoms with E-state index in [0.29, 0.717) is 18.7 Å². The van der Waals surface area contributed by atoms with E-state index >= 15 is 0 Å². The number of carbonyl (C=O) groups is 2. The number of benzene rings is 2. The van der Waals surface area contributed by atoms with Gasteiger partial charge in [-0.25, -0.2) is 25.9 Å². The molecule has 1 saturated heterocycles. The van der Waals surface area contributed by atoms with Gasteiger partial charge in [-0.3, -0.25) is 4.79 Å². The summed E-state index contributed by atoms with van der Waals surface area (Å²) in [4.78, 5) is 24.7. The Kier molecular flexibility index (Phi) is 8.78. The molecule has 10 nitrogen and oxygen atoms in total. The van der Waals surface area contributed by atoms with E-state index in [4.69, 9.17) is 16.3 Å². The second-order valence-electron chi connectivity index (χ2n) is 8.50. The van der Waals surface area contributed by atoms with Gasteiger partial charge in [0.25, 0.3) is 5.91 Å². The van der Waals surface area contributed by atoms with Crippen molar-refractivity contribution < 1.29 is 31.2 Å². The molecule has 36 heavy (non-hydrogen) atoms. The van der Waals surface area contributed by atoms with Gasteiger partial charge in [-0.15, -0.1) is 0 Å². The number of hydrogen-bond donors (Lipinski definition) is 1. The van der Waals surface area contributed by atoms with Crippen LogP contribution in [-0.2, 0) is 29.6 Å². The minimum atomic E-state index is -3.84. The monoisotopic (exact) mass is 557 g/mol. The van der Waals surface area contributed by atoms with Crippen molar-refractivity contribution in [2.75, 3.05) is 39.1 Å². The van der Waals surface area contributed by atoms with E-state index in [1.54, 1.807) is 6.92 Å². The van der Waals surface area contributed by atoms with E-state index in [1.807, 2.05) is 0 Å². The number of hydrogen-bond acceptors (Lipinski definition) is 7. The first-order chi connectivity index (χ1) is 16.8. The van der Waals surface area contributed by atoms with Gasteiger partial charge in [0.15, 0.2) is 6.61 Å².